The van der Waals surface area contributed by atoms with Crippen LogP contribution < -0.4 is 5.32 Å². The Kier molecular flexibility index (Phi) is 1.23. The quantitative estimate of drug-likeness (QED) is 0.510. The first-order valence-electron chi connectivity index (χ1n) is 2.51. The van der Waals surface area contributed by atoms with Gasteiger partial charge < -0.3 is 18.3 Å². The van der Waals surface area contributed by atoms with Gasteiger partial charge >= 0.3 is 6.98 Å². The number of nitrogens with one attached hydrogen (secondary N) is 1. The summed E-state index contributed by atoms with van der Waals surface area (Å²) in [6.07, 6.45) is 0. The first-order valence-corrected chi connectivity index (χ1v) is 2.51. The van der Waals surface area contributed by atoms with E-state index in [1.807, 2.05) is 0 Å². The summed E-state index contributed by atoms with van der Waals surface area (Å²) >= 11 is 0. The highest BCUT2D eigenvalue weighted by atomic mass is 19.4. The molecule has 1 fully saturated rings. The van der Waals surface area contributed by atoms with Crippen LogP contribution in [0, 0.1) is 0 Å². The van der Waals surface area contributed by atoms with E-state index in [-0.39, 0.29) is 13.1 Å². The van der Waals surface area contributed by atoms with E-state index in [1.165, 1.54) is 0 Å². The zero-order valence-corrected chi connectivity index (χ0v) is 4.20. The van der Waals surface area contributed by atoms with E-state index in [1.54, 1.807) is 0 Å². The summed E-state index contributed by atoms with van der Waals surface area (Å²) in [6.45, 7) is -4.28. The Balaban J connectivity index is 2.34. The molecule has 1 aliphatic rings. The van der Waals surface area contributed by atoms with Crippen LogP contribution >= 0.6 is 0 Å². The van der Waals surface area contributed by atoms with Gasteiger partial charge in [-0.15, -0.1) is 0 Å². The van der Waals surface area contributed by atoms with Crippen molar-refractivity contribution in [3.8, 4) is 0 Å². The van der Waals surface area contributed by atoms with Crippen molar-refractivity contribution in [2.45, 2.75) is 5.82 Å². The molecule has 48 valence electrons. The molecule has 1 saturated heterocycles. The average molecular weight is 124 g/mol. The fraction of sp³-hybridized carbons (Fsp3) is 1.00. The van der Waals surface area contributed by atoms with E-state index >= 15 is 0 Å². The summed E-state index contributed by atoms with van der Waals surface area (Å²) in [6, 6.07) is 0. The van der Waals surface area contributed by atoms with Crippen LogP contribution in [-0.2, 0) is 0 Å². The smallest absolute Gasteiger partial charge is 0.449 e. The third-order valence-electron chi connectivity index (χ3n) is 1.35. The lowest BCUT2D eigenvalue weighted by Crippen LogP contribution is -2.48. The van der Waals surface area contributed by atoms with Gasteiger partial charge in [0.2, 0.25) is 0 Å². The number of halogens is 3. The van der Waals surface area contributed by atoms with Crippen molar-refractivity contribution in [1.82, 2.24) is 5.32 Å². The minimum atomic E-state index is -4.54. The molecule has 0 aromatic rings. The van der Waals surface area contributed by atoms with Gasteiger partial charge in [-0.3, -0.25) is 0 Å². The minimum absolute atomic E-state index is 0.128. The van der Waals surface area contributed by atoms with Gasteiger partial charge in [0.15, 0.2) is 0 Å². The van der Waals surface area contributed by atoms with E-state index in [0.717, 1.165) is 0 Å². The Morgan fingerprint density at radius 2 is 1.75 bits per heavy atom. The second-order valence-electron chi connectivity index (χ2n) is 2.04. The Hall–Kier alpha value is -0.185. The van der Waals surface area contributed by atoms with Crippen LogP contribution in [0.4, 0.5) is 12.9 Å². The van der Waals surface area contributed by atoms with Crippen LogP contribution in [0.15, 0.2) is 0 Å². The Morgan fingerprint density at radius 3 is 1.75 bits per heavy atom. The molecule has 1 rings (SSSR count). The van der Waals surface area contributed by atoms with Crippen molar-refractivity contribution in [1.29, 1.82) is 0 Å². The first-order chi connectivity index (χ1) is 3.61. The highest BCUT2D eigenvalue weighted by Gasteiger charge is 2.38. The highest BCUT2D eigenvalue weighted by Crippen LogP contribution is 2.28. The fourth-order valence-electron chi connectivity index (χ4n) is 0.578. The van der Waals surface area contributed by atoms with E-state index < -0.39 is 12.8 Å². The van der Waals surface area contributed by atoms with Gasteiger partial charge in [0.1, 0.15) is 0 Å². The molecule has 1 nitrogen and oxygen atoms in total. The van der Waals surface area contributed by atoms with Gasteiger partial charge in [-0.05, 0) is 18.9 Å². The van der Waals surface area contributed by atoms with Crippen LogP contribution in [0.1, 0.15) is 0 Å². The largest absolute Gasteiger partial charge is 0.483 e. The molecule has 8 heavy (non-hydrogen) atoms. The summed E-state index contributed by atoms with van der Waals surface area (Å²) in [5.74, 6) is -1.02. The topological polar surface area (TPSA) is 12.0 Å². The number of hydrogen-bond donors (Lipinski definition) is 1. The minimum Gasteiger partial charge on any atom is -0.449 e. The van der Waals surface area contributed by atoms with Crippen molar-refractivity contribution in [3.05, 3.63) is 0 Å². The molecule has 0 unspecified atom stereocenters. The summed E-state index contributed by atoms with van der Waals surface area (Å²) in [5.41, 5.74) is 0. The third kappa shape index (κ3) is 0.966. The summed E-state index contributed by atoms with van der Waals surface area (Å²) in [7, 11) is 0. The molecule has 0 aromatic heterocycles. The van der Waals surface area contributed by atoms with E-state index in [4.69, 9.17) is 0 Å². The molecule has 1 heterocycles. The van der Waals surface area contributed by atoms with Gasteiger partial charge in [0.25, 0.3) is 0 Å². The monoisotopic (exact) mass is 124 g/mol. The number of rotatable bonds is 1. The molecule has 0 spiro atoms. The maximum Gasteiger partial charge on any atom is 0.483 e. The molecule has 0 amide bonds. The second-order valence-corrected chi connectivity index (χ2v) is 2.04. The predicted molar refractivity (Wildman–Crippen MR) is 25.7 cm³/mol. The summed E-state index contributed by atoms with van der Waals surface area (Å²) in [5, 5.41) is 2.56. The van der Waals surface area contributed by atoms with Gasteiger partial charge in [-0.1, -0.05) is 0 Å². The van der Waals surface area contributed by atoms with E-state index in [9.17, 15) is 12.9 Å². The molecule has 1 N–H and O–H groups in total. The molecular formula is C3H6BF3N-. The van der Waals surface area contributed by atoms with Gasteiger partial charge in [-0.2, -0.15) is 0 Å². The lowest BCUT2D eigenvalue weighted by molar-refractivity contribution is 0.371. The summed E-state index contributed by atoms with van der Waals surface area (Å²) in [4.78, 5) is 0. The highest BCUT2D eigenvalue weighted by molar-refractivity contribution is 6.60. The molecule has 0 saturated carbocycles. The van der Waals surface area contributed by atoms with Crippen molar-refractivity contribution >= 4 is 6.98 Å². The van der Waals surface area contributed by atoms with Crippen molar-refractivity contribution in [2.75, 3.05) is 13.1 Å². The Labute approximate surface area is 45.3 Å². The van der Waals surface area contributed by atoms with Crippen LogP contribution in [-0.4, -0.2) is 20.1 Å². The van der Waals surface area contributed by atoms with Crippen molar-refractivity contribution in [2.24, 2.45) is 0 Å². The van der Waals surface area contributed by atoms with Crippen LogP contribution in [0.25, 0.3) is 0 Å². The third-order valence-corrected chi connectivity index (χ3v) is 1.35. The fourth-order valence-corrected chi connectivity index (χ4v) is 0.578. The SMILES string of the molecule is F[B-](F)(F)C1CNC1. The molecule has 0 radical (unpaired) electrons. The van der Waals surface area contributed by atoms with Crippen LogP contribution in [0.5, 0.6) is 0 Å². The molecule has 0 aromatic carbocycles. The zero-order chi connectivity index (χ0) is 6.20. The van der Waals surface area contributed by atoms with Crippen LogP contribution in [0.3, 0.4) is 0 Å². The van der Waals surface area contributed by atoms with Crippen LogP contribution in [0.2, 0.25) is 5.82 Å². The lowest BCUT2D eigenvalue weighted by Gasteiger charge is -2.35. The standard InChI is InChI=1S/C3H6BF3N/c5-4(6,7)3-1-8-2-3/h3,8H,1-2H2/q-1. The number of hydrogen-bond acceptors (Lipinski definition) is 1. The van der Waals surface area contributed by atoms with Gasteiger partial charge in [-0.25, -0.2) is 0 Å². The molecule has 1 aliphatic heterocycles. The Bertz CT molecular complexity index is 87.0. The van der Waals surface area contributed by atoms with Gasteiger partial charge in [0.05, 0.1) is 0 Å². The Morgan fingerprint density at radius 1 is 1.25 bits per heavy atom. The molecule has 5 heteroatoms. The maximum absolute atomic E-state index is 11.5. The predicted octanol–water partition coefficient (Wildman–Crippen LogP) is 0.807. The van der Waals surface area contributed by atoms with Gasteiger partial charge in [0, 0.05) is 0 Å². The molecule has 0 atom stereocenters. The second kappa shape index (κ2) is 1.65. The average Bonchev–Trinajstić information content (AvgIpc) is 1.16. The van der Waals surface area contributed by atoms with Crippen molar-refractivity contribution in [3.63, 3.8) is 0 Å². The van der Waals surface area contributed by atoms with E-state index in [0.29, 0.717) is 0 Å². The maximum atomic E-state index is 11.5. The molecule has 0 bridgehead atoms. The molecular weight excluding hydrogens is 118 g/mol. The summed E-state index contributed by atoms with van der Waals surface area (Å²) < 4.78 is 34.6. The van der Waals surface area contributed by atoms with Crippen molar-refractivity contribution < 1.29 is 12.9 Å². The normalized spacial score (nSPS) is 22.9. The first kappa shape index (κ1) is 5.94. The molecule has 0 aliphatic carbocycles. The zero-order valence-electron chi connectivity index (χ0n) is 4.20. The lowest BCUT2D eigenvalue weighted by atomic mass is 9.69. The van der Waals surface area contributed by atoms with E-state index in [2.05, 4.69) is 5.32 Å².